The first-order valence-corrected chi connectivity index (χ1v) is 5.25. The molecule has 0 radical (unpaired) electrons. The molecule has 0 saturated carbocycles. The number of carboxylic acids is 1. The summed E-state index contributed by atoms with van der Waals surface area (Å²) < 4.78 is 0. The Morgan fingerprint density at radius 1 is 1.31 bits per heavy atom. The highest BCUT2D eigenvalue weighted by Crippen LogP contribution is 2.00. The number of urea groups is 1. The third-order valence-electron chi connectivity index (χ3n) is 2.02. The molecule has 1 N–H and O–H groups in total. The third kappa shape index (κ3) is 4.69. The van der Waals surface area contributed by atoms with E-state index >= 15 is 0 Å². The summed E-state index contributed by atoms with van der Waals surface area (Å²) in [5.41, 5.74) is 0. The number of nitrogens with zero attached hydrogens (tertiary/aromatic N) is 2. The van der Waals surface area contributed by atoms with E-state index < -0.39 is 5.97 Å². The summed E-state index contributed by atoms with van der Waals surface area (Å²) in [7, 11) is 0. The number of carboxylic acid groups (broad SMARTS) is 1. The summed E-state index contributed by atoms with van der Waals surface area (Å²) in [6.45, 7) is 4.51. The van der Waals surface area contributed by atoms with E-state index in [1.807, 2.05) is 6.92 Å². The van der Waals surface area contributed by atoms with Crippen LogP contribution in [-0.4, -0.2) is 53.1 Å². The lowest BCUT2D eigenvalue weighted by atomic mass is 10.4. The Bertz CT molecular complexity index is 283. The molecule has 5 heteroatoms. The number of rotatable bonds is 6. The number of carbonyl (C=O) groups excluding carboxylic acids is 1. The van der Waals surface area contributed by atoms with Crippen molar-refractivity contribution < 1.29 is 14.7 Å². The minimum absolute atomic E-state index is 0.204. The van der Waals surface area contributed by atoms with Gasteiger partial charge in [-0.25, -0.2) is 4.79 Å². The molecule has 0 aromatic carbocycles. The molecular formula is C11H18N2O3. The Morgan fingerprint density at radius 2 is 1.94 bits per heavy atom. The molecule has 0 aliphatic heterocycles. The minimum Gasteiger partial charge on any atom is -0.480 e. The van der Waals surface area contributed by atoms with Crippen LogP contribution in [0.2, 0.25) is 0 Å². The molecule has 0 spiro atoms. The Morgan fingerprint density at radius 3 is 2.31 bits per heavy atom. The van der Waals surface area contributed by atoms with Crippen LogP contribution in [0.5, 0.6) is 0 Å². The van der Waals surface area contributed by atoms with Crippen LogP contribution in [0, 0.1) is 12.3 Å². The molecule has 5 nitrogen and oxygen atoms in total. The van der Waals surface area contributed by atoms with Crippen molar-refractivity contribution in [2.75, 3.05) is 26.2 Å². The Hall–Kier alpha value is -1.70. The molecule has 0 aliphatic rings. The van der Waals surface area contributed by atoms with Gasteiger partial charge in [-0.3, -0.25) is 4.79 Å². The van der Waals surface area contributed by atoms with Crippen LogP contribution in [0.4, 0.5) is 4.79 Å². The molecule has 0 aliphatic carbocycles. The van der Waals surface area contributed by atoms with Crippen LogP contribution in [0.3, 0.4) is 0 Å². The largest absolute Gasteiger partial charge is 0.480 e. The van der Waals surface area contributed by atoms with Crippen molar-refractivity contribution in [1.82, 2.24) is 9.80 Å². The lowest BCUT2D eigenvalue weighted by Gasteiger charge is -2.27. The second kappa shape index (κ2) is 7.57. The van der Waals surface area contributed by atoms with Crippen molar-refractivity contribution in [1.29, 1.82) is 0 Å². The zero-order valence-electron chi connectivity index (χ0n) is 9.77. The molecule has 16 heavy (non-hydrogen) atoms. The normalized spacial score (nSPS) is 9.31. The van der Waals surface area contributed by atoms with E-state index in [-0.39, 0.29) is 19.1 Å². The fourth-order valence-electron chi connectivity index (χ4n) is 1.30. The van der Waals surface area contributed by atoms with Gasteiger partial charge in [0.1, 0.15) is 6.54 Å². The van der Waals surface area contributed by atoms with Gasteiger partial charge >= 0.3 is 12.0 Å². The quantitative estimate of drug-likeness (QED) is 0.683. The standard InChI is InChI=1S/C11H18N2O3/c1-4-7-12(6-3)11(16)13(8-5-2)9-10(14)15/h1H,5-9H2,2-3H3,(H,14,15). The molecule has 90 valence electrons. The molecule has 0 fully saturated rings. The van der Waals surface area contributed by atoms with Crippen molar-refractivity contribution in [2.24, 2.45) is 0 Å². The maximum absolute atomic E-state index is 11.9. The summed E-state index contributed by atoms with van der Waals surface area (Å²) in [5.74, 6) is 1.37. The molecule has 0 heterocycles. The van der Waals surface area contributed by atoms with E-state index in [9.17, 15) is 9.59 Å². The first-order valence-electron chi connectivity index (χ1n) is 5.25. The van der Waals surface area contributed by atoms with E-state index in [0.29, 0.717) is 19.5 Å². The Labute approximate surface area is 96.0 Å². The van der Waals surface area contributed by atoms with Crippen LogP contribution in [0.15, 0.2) is 0 Å². The maximum Gasteiger partial charge on any atom is 0.323 e. The van der Waals surface area contributed by atoms with Crippen molar-refractivity contribution in [3.05, 3.63) is 0 Å². The molecule has 0 rings (SSSR count). The average Bonchev–Trinajstić information content (AvgIpc) is 2.23. The zero-order valence-corrected chi connectivity index (χ0v) is 9.77. The van der Waals surface area contributed by atoms with Crippen LogP contribution in [0.25, 0.3) is 0 Å². The van der Waals surface area contributed by atoms with Crippen molar-refractivity contribution in [3.8, 4) is 12.3 Å². The van der Waals surface area contributed by atoms with E-state index in [4.69, 9.17) is 11.5 Å². The Balaban J connectivity index is 4.57. The highest BCUT2D eigenvalue weighted by atomic mass is 16.4. The summed E-state index contributed by atoms with van der Waals surface area (Å²) in [6, 6.07) is -0.315. The van der Waals surface area contributed by atoms with Crippen molar-refractivity contribution in [3.63, 3.8) is 0 Å². The molecule has 0 aromatic heterocycles. The minimum atomic E-state index is -1.02. The Kier molecular flexibility index (Phi) is 6.77. The SMILES string of the molecule is C#CCN(CC)C(=O)N(CCC)CC(=O)O. The average molecular weight is 226 g/mol. The summed E-state index contributed by atoms with van der Waals surface area (Å²) in [6.07, 6.45) is 5.85. The highest BCUT2D eigenvalue weighted by molar-refractivity contribution is 5.80. The number of terminal acetylenes is 1. The first-order chi connectivity index (χ1) is 7.56. The number of hydrogen-bond acceptors (Lipinski definition) is 2. The lowest BCUT2D eigenvalue weighted by Crippen LogP contribution is -2.45. The van der Waals surface area contributed by atoms with E-state index in [0.717, 1.165) is 0 Å². The van der Waals surface area contributed by atoms with Gasteiger partial charge in [-0.05, 0) is 13.3 Å². The number of aliphatic carboxylic acids is 1. The predicted octanol–water partition coefficient (Wildman–Crippen LogP) is 0.858. The summed E-state index contributed by atoms with van der Waals surface area (Å²) in [4.78, 5) is 25.2. The third-order valence-corrected chi connectivity index (χ3v) is 2.02. The van der Waals surface area contributed by atoms with Gasteiger partial charge in [-0.2, -0.15) is 0 Å². The van der Waals surface area contributed by atoms with Gasteiger partial charge in [0.15, 0.2) is 0 Å². The molecule has 0 aromatic rings. The van der Waals surface area contributed by atoms with Gasteiger partial charge in [-0.1, -0.05) is 12.8 Å². The van der Waals surface area contributed by atoms with E-state index in [1.54, 1.807) is 6.92 Å². The first kappa shape index (κ1) is 14.3. The van der Waals surface area contributed by atoms with Crippen LogP contribution in [-0.2, 0) is 4.79 Å². The number of carbonyl (C=O) groups is 2. The molecule has 0 saturated heterocycles. The second-order valence-corrected chi connectivity index (χ2v) is 3.32. The molecule has 0 unspecified atom stereocenters. The van der Waals surface area contributed by atoms with Crippen molar-refractivity contribution in [2.45, 2.75) is 20.3 Å². The van der Waals surface area contributed by atoms with Crippen LogP contribution >= 0.6 is 0 Å². The van der Waals surface area contributed by atoms with Crippen LogP contribution in [0.1, 0.15) is 20.3 Å². The van der Waals surface area contributed by atoms with Gasteiger partial charge < -0.3 is 14.9 Å². The predicted molar refractivity (Wildman–Crippen MR) is 61.0 cm³/mol. The second-order valence-electron chi connectivity index (χ2n) is 3.32. The summed E-state index contributed by atoms with van der Waals surface area (Å²) in [5, 5.41) is 8.69. The topological polar surface area (TPSA) is 60.9 Å². The molecule has 0 atom stereocenters. The zero-order chi connectivity index (χ0) is 12.6. The maximum atomic E-state index is 11.9. The monoisotopic (exact) mass is 226 g/mol. The van der Waals surface area contributed by atoms with Gasteiger partial charge in [0, 0.05) is 13.1 Å². The fraction of sp³-hybridized carbons (Fsp3) is 0.636. The van der Waals surface area contributed by atoms with E-state index in [1.165, 1.54) is 9.80 Å². The molecule has 0 bridgehead atoms. The number of hydrogen-bond donors (Lipinski definition) is 1. The smallest absolute Gasteiger partial charge is 0.323 e. The van der Waals surface area contributed by atoms with Crippen molar-refractivity contribution >= 4 is 12.0 Å². The van der Waals surface area contributed by atoms with Gasteiger partial charge in [-0.15, -0.1) is 6.42 Å². The fourth-order valence-corrected chi connectivity index (χ4v) is 1.30. The number of amides is 2. The van der Waals surface area contributed by atoms with Gasteiger partial charge in [0.05, 0.1) is 6.54 Å². The molecular weight excluding hydrogens is 208 g/mol. The van der Waals surface area contributed by atoms with Gasteiger partial charge in [0.25, 0.3) is 0 Å². The lowest BCUT2D eigenvalue weighted by molar-refractivity contribution is -0.137. The highest BCUT2D eigenvalue weighted by Gasteiger charge is 2.20. The van der Waals surface area contributed by atoms with Gasteiger partial charge in [0.2, 0.25) is 0 Å². The molecule has 2 amide bonds. The van der Waals surface area contributed by atoms with Crippen LogP contribution < -0.4 is 0 Å². The van der Waals surface area contributed by atoms with E-state index in [2.05, 4.69) is 5.92 Å². The summed E-state index contributed by atoms with van der Waals surface area (Å²) >= 11 is 0.